The van der Waals surface area contributed by atoms with E-state index in [1.165, 1.54) is 0 Å². The maximum Gasteiger partial charge on any atom is 0.0864 e. The molecule has 1 N–H and O–H groups in total. The standard InChI is InChI=1S/C8H8O/c9-7-8-5-3-1-2-4-6-8/h1-7,9H. The highest BCUT2D eigenvalue weighted by Gasteiger charge is 1.83. The molecule has 1 rings (SSSR count). The fourth-order valence-electron chi connectivity index (χ4n) is 0.603. The van der Waals surface area contributed by atoms with Crippen LogP contribution in [0.25, 0.3) is 0 Å². The summed E-state index contributed by atoms with van der Waals surface area (Å²) in [6.45, 7) is 0. The Labute approximate surface area is 54.3 Å². The highest BCUT2D eigenvalue weighted by molar-refractivity contribution is 5.35. The first-order valence-electron chi connectivity index (χ1n) is 2.79. The summed E-state index contributed by atoms with van der Waals surface area (Å²) in [5.74, 6) is 0. The lowest BCUT2D eigenvalue weighted by atomic mass is 10.3. The molecule has 0 saturated heterocycles. The average Bonchev–Trinajstić information content (AvgIpc) is 2.13. The molecule has 0 aromatic rings. The van der Waals surface area contributed by atoms with Crippen molar-refractivity contribution in [1.82, 2.24) is 0 Å². The van der Waals surface area contributed by atoms with Crippen molar-refractivity contribution < 1.29 is 5.11 Å². The van der Waals surface area contributed by atoms with E-state index in [1.54, 1.807) is 0 Å². The predicted octanol–water partition coefficient (Wildman–Crippen LogP) is 2.11. The third kappa shape index (κ3) is 1.61. The summed E-state index contributed by atoms with van der Waals surface area (Å²) in [7, 11) is 0. The predicted molar refractivity (Wildman–Crippen MR) is 38.1 cm³/mol. The van der Waals surface area contributed by atoms with E-state index in [-0.39, 0.29) is 0 Å². The molecule has 0 fully saturated rings. The Morgan fingerprint density at radius 2 is 1.56 bits per heavy atom. The third-order valence-electron chi connectivity index (χ3n) is 1.06. The van der Waals surface area contributed by atoms with Crippen molar-refractivity contribution in [2.24, 2.45) is 0 Å². The van der Waals surface area contributed by atoms with Gasteiger partial charge in [-0.1, -0.05) is 36.5 Å². The van der Waals surface area contributed by atoms with Gasteiger partial charge in [-0.2, -0.15) is 0 Å². The SMILES string of the molecule is OC=C1C=CC=CC=C1. The molecule has 0 bridgehead atoms. The molecule has 1 aliphatic rings. The summed E-state index contributed by atoms with van der Waals surface area (Å²) >= 11 is 0. The molecule has 9 heavy (non-hydrogen) atoms. The molecule has 0 aliphatic heterocycles. The molecular weight excluding hydrogens is 112 g/mol. The molecule has 1 heteroatoms. The monoisotopic (exact) mass is 120 g/mol. The van der Waals surface area contributed by atoms with Crippen LogP contribution in [0.5, 0.6) is 0 Å². The quantitative estimate of drug-likeness (QED) is 0.485. The molecule has 1 nitrogen and oxygen atoms in total. The zero-order valence-electron chi connectivity index (χ0n) is 4.99. The van der Waals surface area contributed by atoms with E-state index in [9.17, 15) is 0 Å². The Bertz CT molecular complexity index is 177. The van der Waals surface area contributed by atoms with E-state index in [4.69, 9.17) is 5.11 Å². The van der Waals surface area contributed by atoms with Gasteiger partial charge in [-0.3, -0.25) is 0 Å². The Kier molecular flexibility index (Phi) is 1.91. The van der Waals surface area contributed by atoms with Crippen molar-refractivity contribution in [2.75, 3.05) is 0 Å². The fraction of sp³-hybridized carbons (Fsp3) is 0. The van der Waals surface area contributed by atoms with Crippen LogP contribution in [0.15, 0.2) is 48.3 Å². The topological polar surface area (TPSA) is 20.2 Å². The van der Waals surface area contributed by atoms with Crippen molar-refractivity contribution in [3.8, 4) is 0 Å². The van der Waals surface area contributed by atoms with Crippen molar-refractivity contribution >= 4 is 0 Å². The van der Waals surface area contributed by atoms with Gasteiger partial charge in [-0.05, 0) is 0 Å². The first-order valence-corrected chi connectivity index (χ1v) is 2.79. The molecule has 0 heterocycles. The molecule has 0 spiro atoms. The molecule has 0 amide bonds. The van der Waals surface area contributed by atoms with E-state index in [0.29, 0.717) is 0 Å². The summed E-state index contributed by atoms with van der Waals surface area (Å²) < 4.78 is 0. The second-order valence-electron chi connectivity index (χ2n) is 1.73. The molecule has 0 atom stereocenters. The maximum absolute atomic E-state index is 8.52. The van der Waals surface area contributed by atoms with Crippen LogP contribution in [0, 0.1) is 0 Å². The fourth-order valence-corrected chi connectivity index (χ4v) is 0.603. The summed E-state index contributed by atoms with van der Waals surface area (Å²) in [5.41, 5.74) is 0.819. The van der Waals surface area contributed by atoms with Gasteiger partial charge in [0.25, 0.3) is 0 Å². The van der Waals surface area contributed by atoms with E-state index >= 15 is 0 Å². The lowest BCUT2D eigenvalue weighted by Gasteiger charge is -1.83. The molecule has 0 unspecified atom stereocenters. The van der Waals surface area contributed by atoms with Gasteiger partial charge in [-0.25, -0.2) is 0 Å². The van der Waals surface area contributed by atoms with Crippen LogP contribution < -0.4 is 0 Å². The van der Waals surface area contributed by atoms with Crippen molar-refractivity contribution in [3.05, 3.63) is 48.3 Å². The van der Waals surface area contributed by atoms with Gasteiger partial charge in [0.15, 0.2) is 0 Å². The molecule has 0 aromatic heterocycles. The summed E-state index contributed by atoms with van der Waals surface area (Å²) in [6, 6.07) is 0. The largest absolute Gasteiger partial charge is 0.515 e. The van der Waals surface area contributed by atoms with Crippen LogP contribution in [0.1, 0.15) is 0 Å². The van der Waals surface area contributed by atoms with Crippen LogP contribution >= 0.6 is 0 Å². The highest BCUT2D eigenvalue weighted by atomic mass is 16.2. The third-order valence-corrected chi connectivity index (χ3v) is 1.06. The normalized spacial score (nSPS) is 15.8. The Balaban J connectivity index is 2.82. The van der Waals surface area contributed by atoms with Gasteiger partial charge < -0.3 is 5.11 Å². The summed E-state index contributed by atoms with van der Waals surface area (Å²) in [4.78, 5) is 0. The van der Waals surface area contributed by atoms with Gasteiger partial charge in [0, 0.05) is 5.57 Å². The Morgan fingerprint density at radius 1 is 1.00 bits per heavy atom. The minimum Gasteiger partial charge on any atom is -0.515 e. The Morgan fingerprint density at radius 3 is 2.00 bits per heavy atom. The number of aliphatic hydroxyl groups is 1. The molecule has 1 aliphatic carbocycles. The zero-order valence-corrected chi connectivity index (χ0v) is 4.99. The van der Waals surface area contributed by atoms with E-state index < -0.39 is 0 Å². The van der Waals surface area contributed by atoms with Gasteiger partial charge in [0.2, 0.25) is 0 Å². The first-order chi connectivity index (χ1) is 4.43. The van der Waals surface area contributed by atoms with Crippen LogP contribution in [0.3, 0.4) is 0 Å². The zero-order chi connectivity index (χ0) is 6.53. The average molecular weight is 120 g/mol. The van der Waals surface area contributed by atoms with Gasteiger partial charge in [-0.15, -0.1) is 0 Å². The minimum atomic E-state index is 0.819. The molecular formula is C8H8O. The van der Waals surface area contributed by atoms with Gasteiger partial charge in [0.05, 0.1) is 6.26 Å². The van der Waals surface area contributed by atoms with Crippen molar-refractivity contribution in [3.63, 3.8) is 0 Å². The second kappa shape index (κ2) is 2.92. The number of allylic oxidation sites excluding steroid dienone is 7. The minimum absolute atomic E-state index is 0.819. The summed E-state index contributed by atoms with van der Waals surface area (Å²) in [5, 5.41) is 8.52. The van der Waals surface area contributed by atoms with E-state index in [2.05, 4.69) is 0 Å². The first kappa shape index (κ1) is 5.89. The van der Waals surface area contributed by atoms with Crippen LogP contribution in [0.4, 0.5) is 0 Å². The molecule has 0 saturated carbocycles. The second-order valence-corrected chi connectivity index (χ2v) is 1.73. The number of aliphatic hydroxyl groups excluding tert-OH is 1. The maximum atomic E-state index is 8.52. The smallest absolute Gasteiger partial charge is 0.0864 e. The lowest BCUT2D eigenvalue weighted by molar-refractivity contribution is 0.470. The van der Waals surface area contributed by atoms with Crippen molar-refractivity contribution in [1.29, 1.82) is 0 Å². The van der Waals surface area contributed by atoms with Gasteiger partial charge >= 0.3 is 0 Å². The molecule has 46 valence electrons. The number of hydrogen-bond acceptors (Lipinski definition) is 1. The van der Waals surface area contributed by atoms with Crippen molar-refractivity contribution in [2.45, 2.75) is 0 Å². The highest BCUT2D eigenvalue weighted by Crippen LogP contribution is 2.01. The van der Waals surface area contributed by atoms with Gasteiger partial charge in [0.1, 0.15) is 0 Å². The van der Waals surface area contributed by atoms with E-state index in [0.717, 1.165) is 11.8 Å². The lowest BCUT2D eigenvalue weighted by Crippen LogP contribution is -1.66. The Hall–Kier alpha value is -1.24. The summed E-state index contributed by atoms with van der Waals surface area (Å²) in [6.07, 6.45) is 12.3. The number of hydrogen-bond donors (Lipinski definition) is 1. The van der Waals surface area contributed by atoms with Crippen LogP contribution in [-0.4, -0.2) is 5.11 Å². The van der Waals surface area contributed by atoms with E-state index in [1.807, 2.05) is 36.5 Å². The van der Waals surface area contributed by atoms with Crippen LogP contribution in [0.2, 0.25) is 0 Å². The van der Waals surface area contributed by atoms with Crippen LogP contribution in [-0.2, 0) is 0 Å². The molecule has 0 radical (unpaired) electrons. The number of rotatable bonds is 0. The molecule has 0 aromatic carbocycles.